The molecular weight excluding hydrogens is 663 g/mol. The molecule has 0 aromatic rings. The summed E-state index contributed by atoms with van der Waals surface area (Å²) < 4.78 is 11.4. The van der Waals surface area contributed by atoms with Crippen molar-refractivity contribution >= 4 is 17.9 Å². The van der Waals surface area contributed by atoms with E-state index in [0.717, 1.165) is 110 Å². The smallest absolute Gasteiger partial charge is 0.306 e. The molecule has 314 valence electrons. The number of carbonyl (C=O) groups excluding carboxylic acids is 2. The van der Waals surface area contributed by atoms with Crippen LogP contribution in [0.2, 0.25) is 0 Å². The number of rotatable bonds is 43. The predicted molar refractivity (Wildman–Crippen MR) is 224 cm³/mol. The third-order valence-electron chi connectivity index (χ3n) is 10.6. The van der Waals surface area contributed by atoms with Gasteiger partial charge in [-0.3, -0.25) is 14.4 Å². The highest BCUT2D eigenvalue weighted by atomic mass is 16.5. The fraction of sp³-hybridized carbons (Fsp3) is 0.935. The lowest BCUT2D eigenvalue weighted by Gasteiger charge is -2.22. The second-order valence-electron chi connectivity index (χ2n) is 15.9. The normalized spacial score (nSPS) is 11.5. The predicted octanol–water partition coefficient (Wildman–Crippen LogP) is 13.5. The molecule has 7 heteroatoms. The van der Waals surface area contributed by atoms with Crippen LogP contribution in [0.4, 0.5) is 0 Å². The van der Waals surface area contributed by atoms with Crippen molar-refractivity contribution < 1.29 is 29.0 Å². The summed E-state index contributed by atoms with van der Waals surface area (Å²) in [5.74, 6) is -0.775. The van der Waals surface area contributed by atoms with Gasteiger partial charge in [-0.2, -0.15) is 0 Å². The van der Waals surface area contributed by atoms with Crippen LogP contribution in [0, 0.1) is 0 Å². The van der Waals surface area contributed by atoms with E-state index < -0.39 is 5.97 Å². The van der Waals surface area contributed by atoms with E-state index in [0.29, 0.717) is 25.9 Å². The van der Waals surface area contributed by atoms with Gasteiger partial charge in [-0.05, 0) is 83.8 Å². The van der Waals surface area contributed by atoms with Crippen LogP contribution in [0.1, 0.15) is 245 Å². The summed E-state index contributed by atoms with van der Waals surface area (Å²) in [4.78, 5) is 38.3. The Labute approximate surface area is 328 Å². The molecule has 0 fully saturated rings. The lowest BCUT2D eigenvalue weighted by Crippen LogP contribution is -2.27. The van der Waals surface area contributed by atoms with Gasteiger partial charge in [-0.1, -0.05) is 162 Å². The average Bonchev–Trinajstić information content (AvgIpc) is 3.14. The van der Waals surface area contributed by atoms with Crippen molar-refractivity contribution in [3.63, 3.8) is 0 Å². The molecular formula is C46H89NO6. The first kappa shape index (κ1) is 51.4. The molecule has 0 aromatic heterocycles. The molecule has 0 bridgehead atoms. The van der Waals surface area contributed by atoms with E-state index in [1.54, 1.807) is 0 Å². The standard InChI is InChI=1S/C46H89NO6/c1-4-7-10-13-16-25-32-42-52-45(50)37-28-21-17-23-30-39-47(41-33-36-44(48)49)40-31-24-18-22-29-38-46(51)53-43(34-26-19-14-11-8-5-2)35-27-20-15-12-9-6-3/h43H,4-42H2,1-3H3,(H,48,49). The summed E-state index contributed by atoms with van der Waals surface area (Å²) in [6.45, 7) is 10.2. The molecule has 0 unspecified atom stereocenters. The number of hydrogen-bond acceptors (Lipinski definition) is 6. The van der Waals surface area contributed by atoms with E-state index in [1.165, 1.54) is 109 Å². The summed E-state index contributed by atoms with van der Waals surface area (Å²) >= 11 is 0. The zero-order valence-corrected chi connectivity index (χ0v) is 35.6. The van der Waals surface area contributed by atoms with Gasteiger partial charge in [0, 0.05) is 19.3 Å². The van der Waals surface area contributed by atoms with Crippen LogP contribution in [0.15, 0.2) is 0 Å². The lowest BCUT2D eigenvalue weighted by molar-refractivity contribution is -0.150. The second kappa shape index (κ2) is 41.5. The molecule has 0 rings (SSSR count). The van der Waals surface area contributed by atoms with Crippen molar-refractivity contribution in [2.45, 2.75) is 252 Å². The minimum atomic E-state index is -0.722. The van der Waals surface area contributed by atoms with Crippen LogP contribution in [0.3, 0.4) is 0 Å². The molecule has 1 N–H and O–H groups in total. The number of aliphatic carboxylic acids is 1. The zero-order valence-electron chi connectivity index (χ0n) is 35.6. The van der Waals surface area contributed by atoms with Gasteiger partial charge in [0.25, 0.3) is 0 Å². The Morgan fingerprint density at radius 2 is 0.811 bits per heavy atom. The van der Waals surface area contributed by atoms with Crippen LogP contribution in [-0.2, 0) is 23.9 Å². The third-order valence-corrected chi connectivity index (χ3v) is 10.6. The molecule has 0 aromatic carbocycles. The van der Waals surface area contributed by atoms with Gasteiger partial charge in [0.2, 0.25) is 0 Å². The Morgan fingerprint density at radius 1 is 0.434 bits per heavy atom. The topological polar surface area (TPSA) is 93.1 Å². The molecule has 0 radical (unpaired) electrons. The maximum absolute atomic E-state index is 12.7. The van der Waals surface area contributed by atoms with Crippen molar-refractivity contribution in [2.24, 2.45) is 0 Å². The first-order valence-corrected chi connectivity index (χ1v) is 23.2. The number of carboxylic acids is 1. The fourth-order valence-corrected chi connectivity index (χ4v) is 7.19. The molecule has 7 nitrogen and oxygen atoms in total. The van der Waals surface area contributed by atoms with Gasteiger partial charge in [0.15, 0.2) is 0 Å². The minimum Gasteiger partial charge on any atom is -0.481 e. The number of ether oxygens (including phenoxy) is 2. The minimum absolute atomic E-state index is 0.00435. The van der Waals surface area contributed by atoms with Crippen LogP contribution >= 0.6 is 0 Å². The maximum atomic E-state index is 12.7. The van der Waals surface area contributed by atoms with Crippen molar-refractivity contribution in [3.8, 4) is 0 Å². The number of esters is 2. The summed E-state index contributed by atoms with van der Waals surface area (Å²) in [5, 5.41) is 9.12. The van der Waals surface area contributed by atoms with E-state index in [1.807, 2.05) is 0 Å². The summed E-state index contributed by atoms with van der Waals surface area (Å²) in [6.07, 6.45) is 38.6. The highest BCUT2D eigenvalue weighted by molar-refractivity contribution is 5.69. The van der Waals surface area contributed by atoms with Crippen LogP contribution < -0.4 is 0 Å². The average molecular weight is 752 g/mol. The largest absolute Gasteiger partial charge is 0.481 e. The first-order chi connectivity index (χ1) is 25.9. The molecule has 0 atom stereocenters. The van der Waals surface area contributed by atoms with Crippen molar-refractivity contribution in [1.82, 2.24) is 4.90 Å². The highest BCUT2D eigenvalue weighted by Gasteiger charge is 2.14. The van der Waals surface area contributed by atoms with E-state index >= 15 is 0 Å². The number of unbranched alkanes of at least 4 members (excludes halogenated alkanes) is 24. The summed E-state index contributed by atoms with van der Waals surface area (Å²) in [5.41, 5.74) is 0. The highest BCUT2D eigenvalue weighted by Crippen LogP contribution is 2.19. The molecule has 0 aliphatic rings. The van der Waals surface area contributed by atoms with Gasteiger partial charge >= 0.3 is 17.9 Å². The summed E-state index contributed by atoms with van der Waals surface area (Å²) in [7, 11) is 0. The van der Waals surface area contributed by atoms with Crippen LogP contribution in [0.25, 0.3) is 0 Å². The van der Waals surface area contributed by atoms with Gasteiger partial charge in [-0.25, -0.2) is 0 Å². The second-order valence-corrected chi connectivity index (χ2v) is 15.9. The molecule has 0 heterocycles. The Bertz CT molecular complexity index is 789. The number of nitrogens with zero attached hydrogens (tertiary/aromatic N) is 1. The van der Waals surface area contributed by atoms with Gasteiger partial charge < -0.3 is 19.5 Å². The Kier molecular flexibility index (Phi) is 40.3. The molecule has 53 heavy (non-hydrogen) atoms. The number of carboxylic acid groups (broad SMARTS) is 1. The molecule has 0 saturated heterocycles. The van der Waals surface area contributed by atoms with Gasteiger partial charge in [-0.15, -0.1) is 0 Å². The molecule has 0 saturated carbocycles. The van der Waals surface area contributed by atoms with E-state index in [4.69, 9.17) is 14.6 Å². The first-order valence-electron chi connectivity index (χ1n) is 23.2. The van der Waals surface area contributed by atoms with Crippen LogP contribution in [-0.4, -0.2) is 60.3 Å². The summed E-state index contributed by atoms with van der Waals surface area (Å²) in [6, 6.07) is 0. The Hall–Kier alpha value is -1.63. The monoisotopic (exact) mass is 752 g/mol. The van der Waals surface area contributed by atoms with Crippen molar-refractivity contribution in [3.05, 3.63) is 0 Å². The van der Waals surface area contributed by atoms with Gasteiger partial charge in [0.1, 0.15) is 6.10 Å². The SMILES string of the molecule is CCCCCCCCCOC(=O)CCCCCCCN(CCCCCCCC(=O)OC(CCCCCCCC)CCCCCCCC)CCCC(=O)O. The number of hydrogen-bond donors (Lipinski definition) is 1. The Morgan fingerprint density at radius 3 is 1.28 bits per heavy atom. The molecule has 0 aliphatic heterocycles. The van der Waals surface area contributed by atoms with Gasteiger partial charge in [0.05, 0.1) is 6.61 Å². The maximum Gasteiger partial charge on any atom is 0.306 e. The molecule has 0 spiro atoms. The quantitative estimate of drug-likeness (QED) is 0.0490. The van der Waals surface area contributed by atoms with Crippen LogP contribution in [0.5, 0.6) is 0 Å². The molecule has 0 amide bonds. The zero-order chi connectivity index (χ0) is 38.9. The Balaban J connectivity index is 4.17. The van der Waals surface area contributed by atoms with Crippen molar-refractivity contribution in [1.29, 1.82) is 0 Å². The lowest BCUT2D eigenvalue weighted by atomic mass is 10.0. The third kappa shape index (κ3) is 39.9. The van der Waals surface area contributed by atoms with Crippen molar-refractivity contribution in [2.75, 3.05) is 26.2 Å². The number of carbonyl (C=O) groups is 3. The van der Waals surface area contributed by atoms with E-state index in [-0.39, 0.29) is 24.5 Å². The molecule has 0 aliphatic carbocycles. The van der Waals surface area contributed by atoms with E-state index in [2.05, 4.69) is 25.7 Å². The van der Waals surface area contributed by atoms with E-state index in [9.17, 15) is 14.4 Å². The fourth-order valence-electron chi connectivity index (χ4n) is 7.19.